The predicted molar refractivity (Wildman–Crippen MR) is 75.0 cm³/mol. The zero-order chi connectivity index (χ0) is 15.3. The fraction of sp³-hybridized carbons (Fsp3) is 0.286. The van der Waals surface area contributed by atoms with E-state index in [9.17, 15) is 9.59 Å². The van der Waals surface area contributed by atoms with Gasteiger partial charge in [0.1, 0.15) is 12.4 Å². The Balaban J connectivity index is 2.99. The highest BCUT2D eigenvalue weighted by atomic mass is 35.5. The number of carbonyl (C=O) groups is 2. The Morgan fingerprint density at radius 3 is 2.55 bits per heavy atom. The Bertz CT molecular complexity index is 548. The highest BCUT2D eigenvalue weighted by molar-refractivity contribution is 6.32. The number of benzene rings is 1. The van der Waals surface area contributed by atoms with Crippen LogP contribution in [0.3, 0.4) is 0 Å². The number of carboxylic acids is 2. The van der Waals surface area contributed by atoms with Crippen LogP contribution in [0.4, 0.5) is 0 Å². The molecule has 0 heterocycles. The number of rotatable bonds is 6. The molecule has 5 nitrogen and oxygen atoms in total. The van der Waals surface area contributed by atoms with Gasteiger partial charge in [-0.2, -0.15) is 0 Å². The van der Waals surface area contributed by atoms with Gasteiger partial charge in [0.2, 0.25) is 0 Å². The fourth-order valence-corrected chi connectivity index (χ4v) is 1.52. The first-order valence-corrected chi connectivity index (χ1v) is 6.17. The van der Waals surface area contributed by atoms with E-state index in [0.29, 0.717) is 10.6 Å². The Hall–Kier alpha value is -2.01. The number of carboxylic acid groups (broad SMARTS) is 2. The second-order valence-corrected chi connectivity index (χ2v) is 5.21. The topological polar surface area (TPSA) is 83.8 Å². The maximum Gasteiger partial charge on any atom is 0.328 e. The number of hydrogen-bond acceptors (Lipinski definition) is 3. The molecule has 0 saturated carbocycles. The van der Waals surface area contributed by atoms with Crippen molar-refractivity contribution in [2.45, 2.75) is 13.8 Å². The van der Waals surface area contributed by atoms with Gasteiger partial charge in [-0.1, -0.05) is 23.7 Å². The van der Waals surface area contributed by atoms with Crippen LogP contribution in [0.1, 0.15) is 19.4 Å². The molecule has 2 N–H and O–H groups in total. The lowest BCUT2D eigenvalue weighted by Crippen LogP contribution is -2.30. The van der Waals surface area contributed by atoms with Crippen LogP contribution in [-0.2, 0) is 9.59 Å². The zero-order valence-electron chi connectivity index (χ0n) is 11.1. The third-order valence-electron chi connectivity index (χ3n) is 2.56. The van der Waals surface area contributed by atoms with Crippen LogP contribution in [0, 0.1) is 5.41 Å². The molecular formula is C14H15ClO5. The summed E-state index contributed by atoms with van der Waals surface area (Å²) in [4.78, 5) is 21.6. The summed E-state index contributed by atoms with van der Waals surface area (Å²) in [7, 11) is 0. The van der Waals surface area contributed by atoms with Crippen LogP contribution >= 0.6 is 11.6 Å². The Labute approximate surface area is 121 Å². The SMILES string of the molecule is CC(C)(COc1c(Cl)cccc1/C=C/C(=O)O)C(=O)O. The van der Waals surface area contributed by atoms with E-state index in [1.807, 2.05) is 0 Å². The maximum absolute atomic E-state index is 11.0. The van der Waals surface area contributed by atoms with Crippen molar-refractivity contribution in [2.75, 3.05) is 6.61 Å². The molecule has 0 saturated heterocycles. The number of hydrogen-bond donors (Lipinski definition) is 2. The summed E-state index contributed by atoms with van der Waals surface area (Å²) in [5, 5.41) is 17.9. The molecule has 0 radical (unpaired) electrons. The third kappa shape index (κ3) is 4.28. The summed E-state index contributed by atoms with van der Waals surface area (Å²) in [6.07, 6.45) is 2.30. The minimum atomic E-state index is -1.10. The van der Waals surface area contributed by atoms with Gasteiger partial charge in [0.15, 0.2) is 0 Å². The minimum Gasteiger partial charge on any atom is -0.490 e. The van der Waals surface area contributed by atoms with Gasteiger partial charge >= 0.3 is 11.9 Å². The summed E-state index contributed by atoms with van der Waals surface area (Å²) in [6, 6.07) is 4.87. The van der Waals surface area contributed by atoms with Gasteiger partial charge < -0.3 is 14.9 Å². The molecule has 108 valence electrons. The number of aliphatic carboxylic acids is 2. The van der Waals surface area contributed by atoms with E-state index in [2.05, 4.69) is 0 Å². The minimum absolute atomic E-state index is 0.0834. The fourth-order valence-electron chi connectivity index (χ4n) is 1.28. The van der Waals surface area contributed by atoms with Gasteiger partial charge in [0.05, 0.1) is 10.4 Å². The smallest absolute Gasteiger partial charge is 0.328 e. The van der Waals surface area contributed by atoms with Crippen LogP contribution in [0.5, 0.6) is 5.75 Å². The first-order chi connectivity index (χ1) is 9.24. The number of ether oxygens (including phenoxy) is 1. The molecule has 20 heavy (non-hydrogen) atoms. The second-order valence-electron chi connectivity index (χ2n) is 4.81. The van der Waals surface area contributed by atoms with Crippen molar-refractivity contribution in [3.63, 3.8) is 0 Å². The molecule has 0 aliphatic heterocycles. The van der Waals surface area contributed by atoms with E-state index < -0.39 is 17.4 Å². The molecule has 1 rings (SSSR count). The van der Waals surface area contributed by atoms with Gasteiger partial charge in [-0.25, -0.2) is 4.79 Å². The molecular weight excluding hydrogens is 284 g/mol. The van der Waals surface area contributed by atoms with Gasteiger partial charge in [0.25, 0.3) is 0 Å². The summed E-state index contributed by atoms with van der Waals surface area (Å²) in [5.74, 6) is -1.82. The van der Waals surface area contributed by atoms with Crippen molar-refractivity contribution in [2.24, 2.45) is 5.41 Å². The van der Waals surface area contributed by atoms with Gasteiger partial charge in [0, 0.05) is 11.6 Å². The van der Waals surface area contributed by atoms with Crippen molar-refractivity contribution in [1.82, 2.24) is 0 Å². The maximum atomic E-state index is 11.0. The monoisotopic (exact) mass is 298 g/mol. The van der Waals surface area contributed by atoms with Crippen LogP contribution in [0.2, 0.25) is 5.02 Å². The van der Waals surface area contributed by atoms with E-state index in [4.69, 9.17) is 26.6 Å². The molecule has 0 aliphatic carbocycles. The van der Waals surface area contributed by atoms with Crippen molar-refractivity contribution in [1.29, 1.82) is 0 Å². The predicted octanol–water partition coefficient (Wildman–Crippen LogP) is 2.93. The van der Waals surface area contributed by atoms with E-state index in [0.717, 1.165) is 6.08 Å². The molecule has 6 heteroatoms. The molecule has 0 aromatic heterocycles. The van der Waals surface area contributed by atoms with E-state index in [-0.39, 0.29) is 12.4 Å². The highest BCUT2D eigenvalue weighted by Crippen LogP contribution is 2.31. The number of para-hydroxylation sites is 1. The van der Waals surface area contributed by atoms with Gasteiger partial charge in [-0.3, -0.25) is 4.79 Å². The molecule has 1 aromatic rings. The molecule has 0 spiro atoms. The van der Waals surface area contributed by atoms with Crippen molar-refractivity contribution in [3.8, 4) is 5.75 Å². The van der Waals surface area contributed by atoms with Crippen molar-refractivity contribution >= 4 is 29.6 Å². The molecule has 0 amide bonds. The summed E-state index contributed by atoms with van der Waals surface area (Å²) < 4.78 is 5.47. The molecule has 0 bridgehead atoms. The Morgan fingerprint density at radius 1 is 1.35 bits per heavy atom. The average Bonchev–Trinajstić information content (AvgIpc) is 2.34. The molecule has 0 aliphatic rings. The van der Waals surface area contributed by atoms with Crippen LogP contribution in [0.15, 0.2) is 24.3 Å². The normalized spacial score (nSPS) is 11.6. The van der Waals surface area contributed by atoms with Gasteiger partial charge in [-0.15, -0.1) is 0 Å². The van der Waals surface area contributed by atoms with Crippen molar-refractivity contribution in [3.05, 3.63) is 34.9 Å². The van der Waals surface area contributed by atoms with Crippen LogP contribution in [-0.4, -0.2) is 28.8 Å². The largest absolute Gasteiger partial charge is 0.490 e. The van der Waals surface area contributed by atoms with E-state index in [1.165, 1.54) is 19.9 Å². The first-order valence-electron chi connectivity index (χ1n) is 5.80. The molecule has 0 atom stereocenters. The lowest BCUT2D eigenvalue weighted by molar-refractivity contribution is -0.148. The molecule has 1 aromatic carbocycles. The van der Waals surface area contributed by atoms with Crippen molar-refractivity contribution < 1.29 is 24.5 Å². The zero-order valence-corrected chi connectivity index (χ0v) is 11.8. The molecule has 0 fully saturated rings. The lowest BCUT2D eigenvalue weighted by Gasteiger charge is -2.21. The van der Waals surface area contributed by atoms with Crippen LogP contribution < -0.4 is 4.74 Å². The first kappa shape index (κ1) is 16.0. The van der Waals surface area contributed by atoms with Gasteiger partial charge in [-0.05, 0) is 26.0 Å². The Morgan fingerprint density at radius 2 is 2.00 bits per heavy atom. The van der Waals surface area contributed by atoms with E-state index in [1.54, 1.807) is 18.2 Å². The summed E-state index contributed by atoms with van der Waals surface area (Å²) in [5.41, 5.74) is -0.603. The summed E-state index contributed by atoms with van der Waals surface area (Å²) in [6.45, 7) is 2.97. The average molecular weight is 299 g/mol. The summed E-state index contributed by atoms with van der Waals surface area (Å²) >= 11 is 6.00. The highest BCUT2D eigenvalue weighted by Gasteiger charge is 2.28. The van der Waals surface area contributed by atoms with E-state index >= 15 is 0 Å². The number of halogens is 1. The third-order valence-corrected chi connectivity index (χ3v) is 2.86. The van der Waals surface area contributed by atoms with Crippen LogP contribution in [0.25, 0.3) is 6.08 Å². The standard InChI is InChI=1S/C14H15ClO5/c1-14(2,13(18)19)8-20-12-9(6-7-11(16)17)4-3-5-10(12)15/h3-7H,8H2,1-2H3,(H,16,17)(H,18,19)/b7-6+. The Kier molecular flexibility index (Phi) is 5.16. The lowest BCUT2D eigenvalue weighted by atomic mass is 9.95. The molecule has 0 unspecified atom stereocenters. The quantitative estimate of drug-likeness (QED) is 0.789. The second kappa shape index (κ2) is 6.43.